The van der Waals surface area contributed by atoms with Crippen LogP contribution in [0.5, 0.6) is 5.75 Å². The number of rotatable bonds is 7. The Morgan fingerprint density at radius 1 is 1.38 bits per heavy atom. The van der Waals surface area contributed by atoms with Crippen LogP contribution >= 0.6 is 0 Å². The quantitative estimate of drug-likeness (QED) is 0.467. The molecule has 0 heterocycles. The summed E-state index contributed by atoms with van der Waals surface area (Å²) in [5.41, 5.74) is -0.781. The zero-order valence-electron chi connectivity index (χ0n) is 11.2. The fourth-order valence-corrected chi connectivity index (χ4v) is 1.58. The zero-order chi connectivity index (χ0) is 15.9. The van der Waals surface area contributed by atoms with Gasteiger partial charge in [0.2, 0.25) is 0 Å². The van der Waals surface area contributed by atoms with Gasteiger partial charge in [0.15, 0.2) is 0 Å². The number of carboxylic acids is 1. The van der Waals surface area contributed by atoms with Crippen molar-refractivity contribution in [2.45, 2.75) is 19.0 Å². The van der Waals surface area contributed by atoms with Crippen LogP contribution in [0.2, 0.25) is 0 Å². The Labute approximate surface area is 120 Å². The van der Waals surface area contributed by atoms with Crippen LogP contribution in [-0.4, -0.2) is 17.7 Å². The van der Waals surface area contributed by atoms with E-state index in [1.807, 2.05) is 0 Å². The Hall–Kier alpha value is -2.24. The molecule has 0 saturated carbocycles. The highest BCUT2D eigenvalue weighted by Crippen LogP contribution is 2.37. The molecule has 0 saturated heterocycles. The highest BCUT2D eigenvalue weighted by Gasteiger charge is 2.34. The minimum Gasteiger partial charge on any atom is -0.493 e. The molecule has 0 aliphatic carbocycles. The fourth-order valence-electron chi connectivity index (χ4n) is 1.58. The predicted octanol–water partition coefficient (Wildman–Crippen LogP) is 4.15. The largest absolute Gasteiger partial charge is 0.493 e. The van der Waals surface area contributed by atoms with Crippen LogP contribution in [0.15, 0.2) is 36.9 Å². The molecule has 0 fully saturated rings. The van der Waals surface area contributed by atoms with Gasteiger partial charge in [0.1, 0.15) is 5.75 Å². The van der Waals surface area contributed by atoms with Crippen LogP contribution < -0.4 is 4.74 Å². The van der Waals surface area contributed by atoms with Crippen molar-refractivity contribution in [3.05, 3.63) is 48.1 Å². The van der Waals surface area contributed by atoms with E-state index in [9.17, 15) is 18.0 Å². The summed E-state index contributed by atoms with van der Waals surface area (Å²) in [6.45, 7) is 3.67. The van der Waals surface area contributed by atoms with E-state index < -0.39 is 17.7 Å². The molecule has 1 rings (SSSR count). The van der Waals surface area contributed by atoms with Crippen LogP contribution in [-0.2, 0) is 11.0 Å². The molecule has 0 bridgehead atoms. The van der Waals surface area contributed by atoms with Gasteiger partial charge in [-0.1, -0.05) is 12.1 Å². The maximum Gasteiger partial charge on any atom is 0.419 e. The number of aliphatic carboxylic acids is 1. The molecule has 0 aliphatic rings. The first-order valence-electron chi connectivity index (χ1n) is 6.20. The molecular formula is C15H15F3O3. The van der Waals surface area contributed by atoms with Gasteiger partial charge in [-0.05, 0) is 36.6 Å². The van der Waals surface area contributed by atoms with Gasteiger partial charge >= 0.3 is 12.1 Å². The lowest BCUT2D eigenvalue weighted by Crippen LogP contribution is -2.09. The number of halogens is 3. The SMILES string of the molecule is C=CCCCOc1ccc(C=CC(=O)O)cc1C(F)(F)F. The van der Waals surface area contributed by atoms with Gasteiger partial charge < -0.3 is 9.84 Å². The van der Waals surface area contributed by atoms with Gasteiger partial charge in [0.25, 0.3) is 0 Å². The summed E-state index contributed by atoms with van der Waals surface area (Å²) >= 11 is 0. The third-order valence-electron chi connectivity index (χ3n) is 2.54. The normalized spacial score (nSPS) is 11.6. The summed E-state index contributed by atoms with van der Waals surface area (Å²) in [6, 6.07) is 3.43. The molecule has 21 heavy (non-hydrogen) atoms. The number of unbranched alkanes of at least 4 members (excludes halogenated alkanes) is 1. The van der Waals surface area contributed by atoms with Crippen molar-refractivity contribution in [1.29, 1.82) is 0 Å². The second kappa shape index (κ2) is 7.52. The Morgan fingerprint density at radius 2 is 2.10 bits per heavy atom. The van der Waals surface area contributed by atoms with E-state index in [2.05, 4.69) is 6.58 Å². The van der Waals surface area contributed by atoms with Gasteiger partial charge in [-0.2, -0.15) is 13.2 Å². The summed E-state index contributed by atoms with van der Waals surface area (Å²) in [6.07, 6.45) is 0.191. The molecule has 0 aromatic heterocycles. The van der Waals surface area contributed by atoms with Crippen molar-refractivity contribution in [1.82, 2.24) is 0 Å². The molecule has 0 amide bonds. The number of carboxylic acid groups (broad SMARTS) is 1. The van der Waals surface area contributed by atoms with Crippen LogP contribution in [0.3, 0.4) is 0 Å². The second-order valence-corrected chi connectivity index (χ2v) is 4.20. The topological polar surface area (TPSA) is 46.5 Å². The highest BCUT2D eigenvalue weighted by molar-refractivity contribution is 5.85. The van der Waals surface area contributed by atoms with Crippen molar-refractivity contribution in [2.24, 2.45) is 0 Å². The van der Waals surface area contributed by atoms with Crippen LogP contribution in [0.25, 0.3) is 6.08 Å². The minimum absolute atomic E-state index is 0.142. The van der Waals surface area contributed by atoms with Crippen molar-refractivity contribution in [3.63, 3.8) is 0 Å². The first-order chi connectivity index (χ1) is 9.84. The van der Waals surface area contributed by atoms with E-state index >= 15 is 0 Å². The van der Waals surface area contributed by atoms with E-state index in [1.54, 1.807) is 6.08 Å². The van der Waals surface area contributed by atoms with E-state index in [1.165, 1.54) is 12.1 Å². The zero-order valence-corrected chi connectivity index (χ0v) is 11.2. The van der Waals surface area contributed by atoms with Gasteiger partial charge in [0, 0.05) is 6.08 Å². The number of carbonyl (C=O) groups is 1. The van der Waals surface area contributed by atoms with Gasteiger partial charge in [-0.25, -0.2) is 4.79 Å². The number of ether oxygens (including phenoxy) is 1. The lowest BCUT2D eigenvalue weighted by Gasteiger charge is -2.14. The smallest absolute Gasteiger partial charge is 0.419 e. The van der Waals surface area contributed by atoms with E-state index in [4.69, 9.17) is 9.84 Å². The summed E-state index contributed by atoms with van der Waals surface area (Å²) in [4.78, 5) is 10.4. The van der Waals surface area contributed by atoms with Crippen molar-refractivity contribution in [2.75, 3.05) is 6.61 Å². The average Bonchev–Trinajstić information content (AvgIpc) is 2.41. The van der Waals surface area contributed by atoms with Crippen molar-refractivity contribution >= 4 is 12.0 Å². The number of benzene rings is 1. The van der Waals surface area contributed by atoms with Crippen LogP contribution in [0.1, 0.15) is 24.0 Å². The molecule has 0 atom stereocenters. The summed E-state index contributed by atoms with van der Waals surface area (Å²) in [7, 11) is 0. The van der Waals surface area contributed by atoms with Crippen molar-refractivity contribution < 1.29 is 27.8 Å². The van der Waals surface area contributed by atoms with Gasteiger partial charge in [-0.3, -0.25) is 0 Å². The monoisotopic (exact) mass is 300 g/mol. The van der Waals surface area contributed by atoms with E-state index in [-0.39, 0.29) is 17.9 Å². The molecule has 0 aliphatic heterocycles. The van der Waals surface area contributed by atoms with E-state index in [0.29, 0.717) is 12.8 Å². The molecule has 6 heteroatoms. The Bertz CT molecular complexity index is 533. The first-order valence-corrected chi connectivity index (χ1v) is 6.20. The summed E-state index contributed by atoms with van der Waals surface area (Å²) < 4.78 is 44.0. The van der Waals surface area contributed by atoms with Crippen LogP contribution in [0, 0.1) is 0 Å². The Kier molecular flexibility index (Phi) is 6.02. The fraction of sp³-hybridized carbons (Fsp3) is 0.267. The molecular weight excluding hydrogens is 285 g/mol. The third-order valence-corrected chi connectivity index (χ3v) is 2.54. The Morgan fingerprint density at radius 3 is 2.67 bits per heavy atom. The average molecular weight is 300 g/mol. The van der Waals surface area contributed by atoms with Crippen LogP contribution in [0.4, 0.5) is 13.2 Å². The van der Waals surface area contributed by atoms with Crippen molar-refractivity contribution in [3.8, 4) is 5.75 Å². The maximum atomic E-state index is 13.0. The third kappa shape index (κ3) is 5.72. The molecule has 0 unspecified atom stereocenters. The minimum atomic E-state index is -4.57. The summed E-state index contributed by atoms with van der Waals surface area (Å²) in [5, 5.41) is 8.48. The number of hydrogen-bond donors (Lipinski definition) is 1. The standard InChI is InChI=1S/C15H15F3O3/c1-2-3-4-9-21-13-7-5-11(6-8-14(19)20)10-12(13)15(16,17)18/h2,5-8,10H,1,3-4,9H2,(H,19,20). The van der Waals surface area contributed by atoms with Gasteiger partial charge in [-0.15, -0.1) is 6.58 Å². The first kappa shape index (κ1) is 16.8. The van der Waals surface area contributed by atoms with Gasteiger partial charge in [0.05, 0.1) is 12.2 Å². The molecule has 1 aromatic rings. The highest BCUT2D eigenvalue weighted by atomic mass is 19.4. The number of alkyl halides is 3. The second-order valence-electron chi connectivity index (χ2n) is 4.20. The molecule has 1 N–H and O–H groups in total. The molecule has 0 radical (unpaired) electrons. The molecule has 3 nitrogen and oxygen atoms in total. The lowest BCUT2D eigenvalue weighted by atomic mass is 10.1. The number of allylic oxidation sites excluding steroid dienone is 1. The molecule has 114 valence electrons. The number of hydrogen-bond acceptors (Lipinski definition) is 2. The lowest BCUT2D eigenvalue weighted by molar-refractivity contribution is -0.139. The maximum absolute atomic E-state index is 13.0. The predicted molar refractivity (Wildman–Crippen MR) is 73.0 cm³/mol. The summed E-state index contributed by atoms with van der Waals surface area (Å²) in [5.74, 6) is -1.49. The van der Waals surface area contributed by atoms with E-state index in [0.717, 1.165) is 18.2 Å². The Balaban J connectivity index is 2.97. The molecule has 1 aromatic carbocycles. The molecule has 0 spiro atoms.